The van der Waals surface area contributed by atoms with Crippen LogP contribution in [0, 0.1) is 0 Å². The van der Waals surface area contributed by atoms with E-state index in [0.717, 1.165) is 47.0 Å². The SMILES string of the molecule is FC(F)(F)c1ccc(B2Oc3cc(N(c4ccccc4)c4ccccc4)c(N(c4ccccc4)C4C=CC=CC4)cc3O2)cc1. The van der Waals surface area contributed by atoms with Crippen LogP contribution in [0.25, 0.3) is 0 Å². The summed E-state index contributed by atoms with van der Waals surface area (Å²) in [5.41, 5.74) is 4.42. The van der Waals surface area contributed by atoms with E-state index in [1.54, 1.807) is 0 Å². The number of halogens is 3. The molecule has 1 aliphatic carbocycles. The van der Waals surface area contributed by atoms with Gasteiger partial charge in [-0.25, -0.2) is 0 Å². The summed E-state index contributed by atoms with van der Waals surface area (Å²) in [5, 5.41) is 0. The van der Waals surface area contributed by atoms with Crippen molar-refractivity contribution in [2.75, 3.05) is 9.80 Å². The Morgan fingerprint density at radius 2 is 1.16 bits per heavy atom. The highest BCUT2D eigenvalue weighted by atomic mass is 19.4. The molecule has 1 unspecified atom stereocenters. The predicted molar refractivity (Wildman–Crippen MR) is 174 cm³/mol. The molecule has 0 fully saturated rings. The van der Waals surface area contributed by atoms with Gasteiger partial charge in [0.05, 0.1) is 23.0 Å². The number of anilines is 5. The molecular weight excluding hydrogens is 572 g/mol. The Kier molecular flexibility index (Phi) is 7.55. The van der Waals surface area contributed by atoms with E-state index in [4.69, 9.17) is 9.31 Å². The highest BCUT2D eigenvalue weighted by Crippen LogP contribution is 2.50. The number of hydrogen-bond acceptors (Lipinski definition) is 4. The molecule has 45 heavy (non-hydrogen) atoms. The summed E-state index contributed by atoms with van der Waals surface area (Å²) in [7, 11) is -0.894. The number of fused-ring (bicyclic) bond motifs is 1. The average Bonchev–Trinajstić information content (AvgIpc) is 3.50. The van der Waals surface area contributed by atoms with Gasteiger partial charge in [-0.1, -0.05) is 103 Å². The van der Waals surface area contributed by atoms with Gasteiger partial charge in [-0.2, -0.15) is 13.2 Å². The van der Waals surface area contributed by atoms with E-state index in [2.05, 4.69) is 70.5 Å². The summed E-state index contributed by atoms with van der Waals surface area (Å²) in [6, 6.07) is 39.3. The number of alkyl halides is 3. The lowest BCUT2D eigenvalue weighted by atomic mass is 9.79. The Bertz CT molecular complexity index is 1790. The van der Waals surface area contributed by atoms with Crippen LogP contribution < -0.4 is 24.6 Å². The zero-order valence-corrected chi connectivity index (χ0v) is 24.1. The van der Waals surface area contributed by atoms with Gasteiger partial charge in [0.1, 0.15) is 11.5 Å². The first kappa shape index (κ1) is 28.4. The van der Waals surface area contributed by atoms with E-state index in [0.29, 0.717) is 17.0 Å². The van der Waals surface area contributed by atoms with Crippen LogP contribution in [0.1, 0.15) is 12.0 Å². The van der Waals surface area contributed by atoms with Crippen LogP contribution in [0.4, 0.5) is 41.6 Å². The van der Waals surface area contributed by atoms with Gasteiger partial charge >= 0.3 is 13.3 Å². The molecule has 0 saturated carbocycles. The molecule has 0 bridgehead atoms. The first-order valence-electron chi connectivity index (χ1n) is 14.7. The summed E-state index contributed by atoms with van der Waals surface area (Å²) < 4.78 is 52.3. The standard InChI is InChI=1S/C37H28BF3N2O2/c39-37(40,41)27-21-23-28(24-22-27)38-44-35-25-33(42(29-13-5-1-6-14-29)30-15-7-2-8-16-30)34(26-36(35)45-38)43(31-17-9-3-10-18-31)32-19-11-4-12-20-32/h1-19,21-26,32H,20H2. The molecule has 5 aromatic rings. The van der Waals surface area contributed by atoms with E-state index in [1.165, 1.54) is 12.1 Å². The van der Waals surface area contributed by atoms with Crippen LogP contribution in [0.2, 0.25) is 0 Å². The van der Waals surface area contributed by atoms with Crippen molar-refractivity contribution in [1.29, 1.82) is 0 Å². The van der Waals surface area contributed by atoms with Crippen LogP contribution >= 0.6 is 0 Å². The van der Waals surface area contributed by atoms with Crippen molar-refractivity contribution >= 4 is 41.0 Å². The maximum Gasteiger partial charge on any atom is 0.632 e. The lowest BCUT2D eigenvalue weighted by Crippen LogP contribution is -2.39. The molecule has 8 heteroatoms. The summed E-state index contributed by atoms with van der Waals surface area (Å²) in [6.07, 6.45) is 4.81. The van der Waals surface area contributed by atoms with Crippen LogP contribution in [0.15, 0.2) is 152 Å². The largest absolute Gasteiger partial charge is 0.632 e. The second-order valence-electron chi connectivity index (χ2n) is 10.8. The molecular formula is C37H28BF3N2O2. The zero-order chi connectivity index (χ0) is 30.8. The molecule has 7 rings (SSSR count). The maximum atomic E-state index is 13.2. The highest BCUT2D eigenvalue weighted by Gasteiger charge is 2.38. The number of para-hydroxylation sites is 3. The Hall–Kier alpha value is -5.37. The fourth-order valence-electron chi connectivity index (χ4n) is 5.75. The van der Waals surface area contributed by atoms with E-state index in [-0.39, 0.29) is 6.04 Å². The van der Waals surface area contributed by atoms with Gasteiger partial charge < -0.3 is 19.1 Å². The number of allylic oxidation sites excluding steroid dienone is 2. The Morgan fingerprint density at radius 3 is 1.67 bits per heavy atom. The highest BCUT2D eigenvalue weighted by molar-refractivity contribution is 6.63. The first-order valence-corrected chi connectivity index (χ1v) is 14.7. The van der Waals surface area contributed by atoms with Crippen molar-refractivity contribution in [1.82, 2.24) is 0 Å². The zero-order valence-electron chi connectivity index (χ0n) is 24.1. The molecule has 0 spiro atoms. The van der Waals surface area contributed by atoms with Crippen LogP contribution in [-0.2, 0) is 6.18 Å². The molecule has 1 aliphatic heterocycles. The lowest BCUT2D eigenvalue weighted by Gasteiger charge is -2.37. The molecule has 1 heterocycles. The maximum absolute atomic E-state index is 13.2. The smallest absolute Gasteiger partial charge is 0.519 e. The molecule has 4 nitrogen and oxygen atoms in total. The Balaban J connectivity index is 1.40. The van der Waals surface area contributed by atoms with E-state index in [1.807, 2.05) is 66.7 Å². The van der Waals surface area contributed by atoms with Gasteiger partial charge in [0, 0.05) is 34.7 Å². The molecule has 5 aromatic carbocycles. The van der Waals surface area contributed by atoms with Crippen LogP contribution in [0.3, 0.4) is 0 Å². The van der Waals surface area contributed by atoms with Crippen molar-refractivity contribution in [3.8, 4) is 11.5 Å². The fraction of sp³-hybridized carbons (Fsp3) is 0.0811. The third-order valence-electron chi connectivity index (χ3n) is 7.87. The summed E-state index contributed by atoms with van der Waals surface area (Å²) in [5.74, 6) is 1.01. The molecule has 0 aromatic heterocycles. The minimum atomic E-state index is -4.43. The van der Waals surface area contributed by atoms with Gasteiger partial charge in [-0.3, -0.25) is 0 Å². The van der Waals surface area contributed by atoms with Crippen LogP contribution in [-0.4, -0.2) is 13.2 Å². The number of rotatable bonds is 7. The molecule has 222 valence electrons. The minimum absolute atomic E-state index is 0.00984. The number of nitrogens with zero attached hydrogens (tertiary/aromatic N) is 2. The van der Waals surface area contributed by atoms with Crippen LogP contribution in [0.5, 0.6) is 11.5 Å². The van der Waals surface area contributed by atoms with Gasteiger partial charge in [0.25, 0.3) is 0 Å². The molecule has 0 N–H and O–H groups in total. The molecule has 1 atom stereocenters. The van der Waals surface area contributed by atoms with Crippen molar-refractivity contribution in [2.45, 2.75) is 18.6 Å². The monoisotopic (exact) mass is 600 g/mol. The van der Waals surface area contributed by atoms with Crippen molar-refractivity contribution in [3.05, 3.63) is 157 Å². The fourth-order valence-corrected chi connectivity index (χ4v) is 5.75. The van der Waals surface area contributed by atoms with E-state index >= 15 is 0 Å². The number of benzene rings is 5. The van der Waals surface area contributed by atoms with E-state index < -0.39 is 18.9 Å². The second kappa shape index (κ2) is 12.0. The third-order valence-corrected chi connectivity index (χ3v) is 7.87. The molecule has 0 radical (unpaired) electrons. The first-order chi connectivity index (χ1) is 22.0. The number of hydrogen-bond donors (Lipinski definition) is 0. The summed E-state index contributed by atoms with van der Waals surface area (Å²) in [6.45, 7) is 0. The van der Waals surface area contributed by atoms with Crippen molar-refractivity contribution < 1.29 is 22.5 Å². The minimum Gasteiger partial charge on any atom is -0.519 e. The van der Waals surface area contributed by atoms with Gasteiger partial charge in [-0.15, -0.1) is 0 Å². The van der Waals surface area contributed by atoms with Gasteiger partial charge in [-0.05, 0) is 42.8 Å². The quantitative estimate of drug-likeness (QED) is 0.174. The van der Waals surface area contributed by atoms with Crippen molar-refractivity contribution in [3.63, 3.8) is 0 Å². The molecule has 0 amide bonds. The second-order valence-corrected chi connectivity index (χ2v) is 10.8. The van der Waals surface area contributed by atoms with Crippen molar-refractivity contribution in [2.24, 2.45) is 0 Å². The summed E-state index contributed by atoms with van der Waals surface area (Å²) >= 11 is 0. The normalized spacial score (nSPS) is 15.3. The predicted octanol–water partition coefficient (Wildman–Crippen LogP) is 9.36. The summed E-state index contributed by atoms with van der Waals surface area (Å²) in [4.78, 5) is 4.48. The molecule has 2 aliphatic rings. The lowest BCUT2D eigenvalue weighted by molar-refractivity contribution is -0.137. The van der Waals surface area contributed by atoms with E-state index in [9.17, 15) is 13.2 Å². The Morgan fingerprint density at radius 1 is 0.622 bits per heavy atom. The molecule has 0 saturated heterocycles. The Labute approximate surface area is 260 Å². The average molecular weight is 600 g/mol. The van der Waals surface area contributed by atoms with Gasteiger partial charge in [0.15, 0.2) is 0 Å². The van der Waals surface area contributed by atoms with Gasteiger partial charge in [0.2, 0.25) is 0 Å². The topological polar surface area (TPSA) is 24.9 Å². The third kappa shape index (κ3) is 5.79.